The third-order valence-corrected chi connectivity index (χ3v) is 3.39. The molecular formula is C16H14O2. The van der Waals surface area contributed by atoms with Gasteiger partial charge in [0, 0.05) is 5.56 Å². The van der Waals surface area contributed by atoms with Crippen LogP contribution in [0.4, 0.5) is 0 Å². The molecule has 2 nitrogen and oxygen atoms in total. The van der Waals surface area contributed by atoms with Crippen LogP contribution in [0.15, 0.2) is 48.5 Å². The molecule has 90 valence electrons. The van der Waals surface area contributed by atoms with Crippen molar-refractivity contribution in [2.45, 2.75) is 19.3 Å². The minimum absolute atomic E-state index is 0.107. The molecule has 1 unspecified atom stereocenters. The lowest BCUT2D eigenvalue weighted by Crippen LogP contribution is -2.10. The zero-order valence-electron chi connectivity index (χ0n) is 10.2. The third kappa shape index (κ3) is 1.61. The molecule has 0 N–H and O–H groups in total. The number of para-hydroxylation sites is 2. The van der Waals surface area contributed by atoms with Crippen molar-refractivity contribution < 1.29 is 9.53 Å². The Kier molecular flexibility index (Phi) is 2.63. The second-order valence-electron chi connectivity index (χ2n) is 4.46. The van der Waals surface area contributed by atoms with E-state index in [1.54, 1.807) is 0 Å². The van der Waals surface area contributed by atoms with Gasteiger partial charge in [0.25, 0.3) is 0 Å². The molecule has 0 amide bonds. The topological polar surface area (TPSA) is 26.3 Å². The number of rotatable bonds is 1. The van der Waals surface area contributed by atoms with Crippen molar-refractivity contribution in [3.8, 4) is 11.5 Å². The second-order valence-corrected chi connectivity index (χ2v) is 4.46. The molecule has 1 aliphatic rings. The molecule has 0 spiro atoms. The molecule has 2 aromatic carbocycles. The molecule has 0 bridgehead atoms. The number of carbonyl (C=O) groups is 1. The van der Waals surface area contributed by atoms with E-state index in [9.17, 15) is 4.79 Å². The van der Waals surface area contributed by atoms with Gasteiger partial charge in [0.05, 0.1) is 11.5 Å². The van der Waals surface area contributed by atoms with Crippen molar-refractivity contribution in [2.75, 3.05) is 0 Å². The molecule has 0 aliphatic carbocycles. The van der Waals surface area contributed by atoms with Crippen LogP contribution in [0.5, 0.6) is 11.5 Å². The van der Waals surface area contributed by atoms with E-state index < -0.39 is 0 Å². The molecule has 2 heteroatoms. The highest BCUT2D eigenvalue weighted by atomic mass is 16.5. The maximum absolute atomic E-state index is 12.6. The van der Waals surface area contributed by atoms with E-state index >= 15 is 0 Å². The van der Waals surface area contributed by atoms with Gasteiger partial charge < -0.3 is 4.74 Å². The summed E-state index contributed by atoms with van der Waals surface area (Å²) in [6.07, 6.45) is 0.785. The zero-order valence-corrected chi connectivity index (χ0v) is 10.2. The highest BCUT2D eigenvalue weighted by molar-refractivity contribution is 6.04. The smallest absolute Gasteiger partial charge is 0.174 e. The maximum Gasteiger partial charge on any atom is 0.174 e. The minimum Gasteiger partial charge on any atom is -0.456 e. The van der Waals surface area contributed by atoms with E-state index in [1.165, 1.54) is 0 Å². The number of ether oxygens (including phenoxy) is 1. The first-order valence-corrected chi connectivity index (χ1v) is 6.21. The average molecular weight is 238 g/mol. The van der Waals surface area contributed by atoms with E-state index in [2.05, 4.69) is 0 Å². The Bertz CT molecular complexity index is 602. The van der Waals surface area contributed by atoms with Gasteiger partial charge in [0.1, 0.15) is 11.5 Å². The van der Waals surface area contributed by atoms with Gasteiger partial charge >= 0.3 is 0 Å². The van der Waals surface area contributed by atoms with Crippen molar-refractivity contribution in [1.82, 2.24) is 0 Å². The number of hydrogen-bond donors (Lipinski definition) is 0. The number of Topliss-reactive ketones (excluding diaryl/α,β-unsaturated/α-hetero) is 1. The lowest BCUT2D eigenvalue weighted by Gasteiger charge is -2.12. The Balaban J connectivity index is 2.23. The second kappa shape index (κ2) is 4.30. The van der Waals surface area contributed by atoms with Crippen LogP contribution in [0.25, 0.3) is 0 Å². The molecule has 1 heterocycles. The number of hydrogen-bond acceptors (Lipinski definition) is 2. The van der Waals surface area contributed by atoms with Crippen LogP contribution >= 0.6 is 0 Å². The van der Waals surface area contributed by atoms with Crippen LogP contribution in [0.3, 0.4) is 0 Å². The molecule has 0 radical (unpaired) electrons. The predicted octanol–water partition coefficient (Wildman–Crippen LogP) is 4.17. The normalized spacial score (nSPS) is 17.4. The van der Waals surface area contributed by atoms with Crippen molar-refractivity contribution >= 4 is 5.78 Å². The van der Waals surface area contributed by atoms with Crippen LogP contribution in [0.2, 0.25) is 0 Å². The van der Waals surface area contributed by atoms with Gasteiger partial charge in [-0.15, -0.1) is 0 Å². The van der Waals surface area contributed by atoms with Crippen molar-refractivity contribution in [3.05, 3.63) is 59.7 Å². The highest BCUT2D eigenvalue weighted by Gasteiger charge is 2.29. The van der Waals surface area contributed by atoms with Crippen molar-refractivity contribution in [3.63, 3.8) is 0 Å². The van der Waals surface area contributed by atoms with Gasteiger partial charge in [0.15, 0.2) is 5.78 Å². The fourth-order valence-electron chi connectivity index (χ4n) is 2.47. The molecule has 1 atom stereocenters. The molecule has 0 aromatic heterocycles. The Labute approximate surface area is 106 Å². The SMILES string of the molecule is CCC1C(=O)c2ccccc2Oc2ccccc21. The summed E-state index contributed by atoms with van der Waals surface area (Å²) in [6, 6.07) is 15.2. The fourth-order valence-corrected chi connectivity index (χ4v) is 2.47. The summed E-state index contributed by atoms with van der Waals surface area (Å²) >= 11 is 0. The summed E-state index contributed by atoms with van der Waals surface area (Å²) < 4.78 is 5.88. The van der Waals surface area contributed by atoms with Crippen LogP contribution in [0, 0.1) is 0 Å². The average Bonchev–Trinajstić information content (AvgIpc) is 2.53. The van der Waals surface area contributed by atoms with Crippen LogP contribution in [0.1, 0.15) is 35.2 Å². The summed E-state index contributed by atoms with van der Waals surface area (Å²) in [7, 11) is 0. The fraction of sp³-hybridized carbons (Fsp3) is 0.188. The summed E-state index contributed by atoms with van der Waals surface area (Å²) in [4.78, 5) is 12.6. The molecular weight excluding hydrogens is 224 g/mol. The molecule has 3 rings (SSSR count). The molecule has 1 aliphatic heterocycles. The van der Waals surface area contributed by atoms with Gasteiger partial charge in [-0.25, -0.2) is 0 Å². The largest absolute Gasteiger partial charge is 0.456 e. The van der Waals surface area contributed by atoms with Gasteiger partial charge in [0.2, 0.25) is 0 Å². The van der Waals surface area contributed by atoms with Crippen LogP contribution < -0.4 is 4.74 Å². The monoisotopic (exact) mass is 238 g/mol. The highest BCUT2D eigenvalue weighted by Crippen LogP contribution is 2.40. The molecule has 0 saturated heterocycles. The first-order chi connectivity index (χ1) is 8.81. The molecule has 2 aromatic rings. The Morgan fingerprint density at radius 3 is 2.44 bits per heavy atom. The van der Waals surface area contributed by atoms with Gasteiger partial charge in [-0.2, -0.15) is 0 Å². The lowest BCUT2D eigenvalue weighted by atomic mass is 9.89. The first-order valence-electron chi connectivity index (χ1n) is 6.21. The number of benzene rings is 2. The Morgan fingerprint density at radius 2 is 1.67 bits per heavy atom. The van der Waals surface area contributed by atoms with Gasteiger partial charge in [-0.1, -0.05) is 37.3 Å². The quantitative estimate of drug-likeness (QED) is 0.745. The third-order valence-electron chi connectivity index (χ3n) is 3.39. The van der Waals surface area contributed by atoms with E-state index in [4.69, 9.17) is 4.74 Å². The molecule has 18 heavy (non-hydrogen) atoms. The standard InChI is InChI=1S/C16H14O2/c1-2-11-12-7-3-5-9-14(12)18-15-10-6-4-8-13(15)16(11)17/h3-11H,2H2,1H3. The van der Waals surface area contributed by atoms with Crippen molar-refractivity contribution in [2.24, 2.45) is 0 Å². The summed E-state index contributed by atoms with van der Waals surface area (Å²) in [5.41, 5.74) is 1.67. The van der Waals surface area contributed by atoms with Gasteiger partial charge in [-0.3, -0.25) is 4.79 Å². The van der Waals surface area contributed by atoms with Crippen LogP contribution in [-0.2, 0) is 0 Å². The van der Waals surface area contributed by atoms with Gasteiger partial charge in [-0.05, 0) is 24.6 Å². The number of carbonyl (C=O) groups excluding carboxylic acids is 1. The Hall–Kier alpha value is -2.09. The molecule has 0 saturated carbocycles. The maximum atomic E-state index is 12.6. The van der Waals surface area contributed by atoms with Crippen LogP contribution in [-0.4, -0.2) is 5.78 Å². The predicted molar refractivity (Wildman–Crippen MR) is 70.3 cm³/mol. The summed E-state index contributed by atoms with van der Waals surface area (Å²) in [5.74, 6) is 1.50. The minimum atomic E-state index is -0.107. The van der Waals surface area contributed by atoms with E-state index in [0.717, 1.165) is 17.7 Å². The summed E-state index contributed by atoms with van der Waals surface area (Å²) in [6.45, 7) is 2.04. The molecule has 0 fully saturated rings. The number of fused-ring (bicyclic) bond motifs is 2. The van der Waals surface area contributed by atoms with E-state index in [0.29, 0.717) is 11.3 Å². The summed E-state index contributed by atoms with van der Waals surface area (Å²) in [5, 5.41) is 0. The van der Waals surface area contributed by atoms with E-state index in [-0.39, 0.29) is 11.7 Å². The van der Waals surface area contributed by atoms with Crippen molar-refractivity contribution in [1.29, 1.82) is 0 Å². The van der Waals surface area contributed by atoms with E-state index in [1.807, 2.05) is 55.5 Å². The zero-order chi connectivity index (χ0) is 12.5. The Morgan fingerprint density at radius 1 is 1.00 bits per heavy atom. The number of ketones is 1. The first kappa shape index (κ1) is 11.0. The lowest BCUT2D eigenvalue weighted by molar-refractivity contribution is 0.0958.